The van der Waals surface area contributed by atoms with E-state index in [1.807, 2.05) is 0 Å². The van der Waals surface area contributed by atoms with E-state index in [4.69, 9.17) is 0 Å². The first kappa shape index (κ1) is 11.9. The van der Waals surface area contributed by atoms with E-state index in [-0.39, 0.29) is 0 Å². The topological polar surface area (TPSA) is 15.3 Å². The standard InChI is InChI=1S/C17H24N2/c1-4-8-17(9-5-1)13-19-11-10-18-12-16(19)14-6-2-3-7-15(14)17/h2-3,6-7,16,18H,1,4-5,8-13H2. The quantitative estimate of drug-likeness (QED) is 0.768. The maximum absolute atomic E-state index is 3.57. The van der Waals surface area contributed by atoms with Crippen LogP contribution in [0.3, 0.4) is 0 Å². The molecule has 1 saturated heterocycles. The molecule has 0 radical (unpaired) electrons. The molecule has 2 fully saturated rings. The van der Waals surface area contributed by atoms with Crippen LogP contribution in [0.15, 0.2) is 24.3 Å². The molecule has 1 unspecified atom stereocenters. The second kappa shape index (κ2) is 4.60. The zero-order chi connectivity index (χ0) is 12.7. The van der Waals surface area contributed by atoms with E-state index in [1.54, 1.807) is 11.1 Å². The van der Waals surface area contributed by atoms with Crippen molar-refractivity contribution in [3.05, 3.63) is 35.4 Å². The van der Waals surface area contributed by atoms with Gasteiger partial charge in [0.15, 0.2) is 0 Å². The van der Waals surface area contributed by atoms with Gasteiger partial charge in [-0.15, -0.1) is 0 Å². The van der Waals surface area contributed by atoms with Gasteiger partial charge in [0, 0.05) is 37.6 Å². The molecular formula is C17H24N2. The second-order valence-electron chi connectivity index (χ2n) is 6.62. The Morgan fingerprint density at radius 3 is 2.84 bits per heavy atom. The van der Waals surface area contributed by atoms with Crippen LogP contribution in [0, 0.1) is 0 Å². The molecule has 1 saturated carbocycles. The van der Waals surface area contributed by atoms with Gasteiger partial charge in [-0.2, -0.15) is 0 Å². The molecule has 1 aromatic carbocycles. The van der Waals surface area contributed by atoms with Gasteiger partial charge in [-0.05, 0) is 24.0 Å². The SMILES string of the molecule is c1ccc2c(c1)C1CNCCN1CC21CCCCC1. The van der Waals surface area contributed by atoms with Crippen molar-refractivity contribution < 1.29 is 0 Å². The number of hydrogen-bond donors (Lipinski definition) is 1. The normalized spacial score (nSPS) is 29.8. The Labute approximate surface area is 116 Å². The summed E-state index contributed by atoms with van der Waals surface area (Å²) < 4.78 is 0. The smallest absolute Gasteiger partial charge is 0.0476 e. The van der Waals surface area contributed by atoms with Crippen molar-refractivity contribution in [3.8, 4) is 0 Å². The largest absolute Gasteiger partial charge is 0.314 e. The van der Waals surface area contributed by atoms with Gasteiger partial charge in [0.1, 0.15) is 0 Å². The fourth-order valence-electron chi connectivity index (χ4n) is 4.64. The van der Waals surface area contributed by atoms with Crippen molar-refractivity contribution in [1.82, 2.24) is 10.2 Å². The summed E-state index contributed by atoms with van der Waals surface area (Å²) in [5.41, 5.74) is 3.77. The third-order valence-electron chi connectivity index (χ3n) is 5.56. The summed E-state index contributed by atoms with van der Waals surface area (Å²) in [4.78, 5) is 2.75. The summed E-state index contributed by atoms with van der Waals surface area (Å²) in [6.45, 7) is 4.82. The third kappa shape index (κ3) is 1.85. The van der Waals surface area contributed by atoms with Gasteiger partial charge in [-0.25, -0.2) is 0 Å². The van der Waals surface area contributed by atoms with E-state index in [0.29, 0.717) is 11.5 Å². The highest BCUT2D eigenvalue weighted by atomic mass is 15.2. The van der Waals surface area contributed by atoms with Crippen molar-refractivity contribution in [2.24, 2.45) is 0 Å². The van der Waals surface area contributed by atoms with Gasteiger partial charge in [-0.1, -0.05) is 43.5 Å². The third-order valence-corrected chi connectivity index (χ3v) is 5.56. The number of fused-ring (bicyclic) bond motifs is 4. The molecule has 2 aliphatic heterocycles. The molecule has 3 aliphatic rings. The van der Waals surface area contributed by atoms with Gasteiger partial charge in [0.05, 0.1) is 0 Å². The van der Waals surface area contributed by atoms with Crippen molar-refractivity contribution >= 4 is 0 Å². The van der Waals surface area contributed by atoms with E-state index in [2.05, 4.69) is 34.5 Å². The highest BCUT2D eigenvalue weighted by molar-refractivity contribution is 5.40. The molecule has 0 aromatic heterocycles. The van der Waals surface area contributed by atoms with Gasteiger partial charge in [-0.3, -0.25) is 4.90 Å². The maximum Gasteiger partial charge on any atom is 0.0476 e. The lowest BCUT2D eigenvalue weighted by Gasteiger charge is -2.51. The number of hydrogen-bond acceptors (Lipinski definition) is 2. The minimum absolute atomic E-state index is 0.475. The van der Waals surface area contributed by atoms with Gasteiger partial charge >= 0.3 is 0 Å². The lowest BCUT2D eigenvalue weighted by atomic mass is 9.65. The second-order valence-corrected chi connectivity index (χ2v) is 6.62. The van der Waals surface area contributed by atoms with E-state index in [1.165, 1.54) is 45.2 Å². The predicted molar refractivity (Wildman–Crippen MR) is 78.4 cm³/mol. The number of piperazine rings is 1. The van der Waals surface area contributed by atoms with E-state index < -0.39 is 0 Å². The van der Waals surface area contributed by atoms with Crippen LogP contribution in [0.25, 0.3) is 0 Å². The summed E-state index contributed by atoms with van der Waals surface area (Å²) in [5, 5.41) is 3.57. The summed E-state index contributed by atoms with van der Waals surface area (Å²) in [6, 6.07) is 9.91. The lowest BCUT2D eigenvalue weighted by Crippen LogP contribution is -2.55. The zero-order valence-corrected chi connectivity index (χ0v) is 11.7. The first-order valence-electron chi connectivity index (χ1n) is 7.93. The first-order valence-corrected chi connectivity index (χ1v) is 7.93. The molecule has 1 atom stereocenters. The Kier molecular flexibility index (Phi) is 2.89. The minimum Gasteiger partial charge on any atom is -0.314 e. The molecule has 102 valence electrons. The molecule has 1 aliphatic carbocycles. The molecule has 2 nitrogen and oxygen atoms in total. The van der Waals surface area contributed by atoms with E-state index in [0.717, 1.165) is 13.1 Å². The van der Waals surface area contributed by atoms with E-state index in [9.17, 15) is 0 Å². The first-order chi connectivity index (χ1) is 9.39. The average molecular weight is 256 g/mol. The fourth-order valence-corrected chi connectivity index (χ4v) is 4.64. The number of nitrogens with one attached hydrogen (secondary N) is 1. The Balaban J connectivity index is 1.80. The number of benzene rings is 1. The lowest BCUT2D eigenvalue weighted by molar-refractivity contribution is 0.0834. The molecule has 0 bridgehead atoms. The van der Waals surface area contributed by atoms with Crippen LogP contribution in [0.5, 0.6) is 0 Å². The summed E-state index contributed by atoms with van der Waals surface area (Å²) in [5.74, 6) is 0. The summed E-state index contributed by atoms with van der Waals surface area (Å²) >= 11 is 0. The van der Waals surface area contributed by atoms with Crippen LogP contribution in [0.1, 0.15) is 49.3 Å². The Bertz CT molecular complexity index is 462. The van der Waals surface area contributed by atoms with Crippen molar-refractivity contribution in [2.75, 3.05) is 26.2 Å². The minimum atomic E-state index is 0.475. The predicted octanol–water partition coefficient (Wildman–Crippen LogP) is 2.85. The molecule has 1 aromatic rings. The highest BCUT2D eigenvalue weighted by Gasteiger charge is 2.44. The monoisotopic (exact) mass is 256 g/mol. The van der Waals surface area contributed by atoms with Crippen molar-refractivity contribution in [1.29, 1.82) is 0 Å². The van der Waals surface area contributed by atoms with Crippen LogP contribution in [-0.4, -0.2) is 31.1 Å². The Morgan fingerprint density at radius 1 is 1.11 bits per heavy atom. The molecule has 1 spiro atoms. The van der Waals surface area contributed by atoms with Crippen molar-refractivity contribution in [2.45, 2.75) is 43.6 Å². The molecule has 1 N–H and O–H groups in total. The molecule has 0 amide bonds. The molecule has 19 heavy (non-hydrogen) atoms. The van der Waals surface area contributed by atoms with Crippen LogP contribution >= 0.6 is 0 Å². The number of nitrogens with zero attached hydrogens (tertiary/aromatic N) is 1. The zero-order valence-electron chi connectivity index (χ0n) is 11.7. The van der Waals surface area contributed by atoms with Gasteiger partial charge in [0.2, 0.25) is 0 Å². The van der Waals surface area contributed by atoms with E-state index >= 15 is 0 Å². The van der Waals surface area contributed by atoms with Crippen molar-refractivity contribution in [3.63, 3.8) is 0 Å². The van der Waals surface area contributed by atoms with Crippen LogP contribution < -0.4 is 5.32 Å². The van der Waals surface area contributed by atoms with Gasteiger partial charge in [0.25, 0.3) is 0 Å². The Hall–Kier alpha value is -0.860. The highest BCUT2D eigenvalue weighted by Crippen LogP contribution is 2.47. The van der Waals surface area contributed by atoms with Crippen LogP contribution in [-0.2, 0) is 5.41 Å². The number of rotatable bonds is 0. The van der Waals surface area contributed by atoms with Crippen LogP contribution in [0.4, 0.5) is 0 Å². The molecule has 4 rings (SSSR count). The summed E-state index contributed by atoms with van der Waals surface area (Å²) in [7, 11) is 0. The van der Waals surface area contributed by atoms with Crippen LogP contribution in [0.2, 0.25) is 0 Å². The molecule has 2 heterocycles. The average Bonchev–Trinajstić information content (AvgIpc) is 2.49. The molecule has 2 heteroatoms. The maximum atomic E-state index is 3.57. The Morgan fingerprint density at radius 2 is 1.95 bits per heavy atom. The fraction of sp³-hybridized carbons (Fsp3) is 0.647. The summed E-state index contributed by atoms with van der Waals surface area (Å²) in [6.07, 6.45) is 7.09. The van der Waals surface area contributed by atoms with Gasteiger partial charge < -0.3 is 5.32 Å². The molecular weight excluding hydrogens is 232 g/mol.